The molecular formula is C15H16ClNO2. The van der Waals surface area contributed by atoms with Crippen molar-refractivity contribution < 1.29 is 9.47 Å². The van der Waals surface area contributed by atoms with Crippen molar-refractivity contribution >= 4 is 11.6 Å². The molecule has 0 radical (unpaired) electrons. The Balaban J connectivity index is 2.36. The van der Waals surface area contributed by atoms with Gasteiger partial charge in [-0.15, -0.1) is 0 Å². The lowest BCUT2D eigenvalue weighted by molar-refractivity contribution is 0.321. The summed E-state index contributed by atoms with van der Waals surface area (Å²) in [5.41, 5.74) is 6.56. The molecule has 0 aliphatic carbocycles. The van der Waals surface area contributed by atoms with E-state index in [-0.39, 0.29) is 0 Å². The standard InChI is InChI=1S/C15H16ClNO2/c1-2-18-13-8-3-4-9-14(13)19-15-11(10-17)6-5-7-12(15)16/h3-9H,2,10,17H2,1H3. The molecule has 0 fully saturated rings. The topological polar surface area (TPSA) is 44.5 Å². The van der Waals surface area contributed by atoms with E-state index in [0.29, 0.717) is 35.4 Å². The van der Waals surface area contributed by atoms with Gasteiger partial charge in [-0.3, -0.25) is 0 Å². The SMILES string of the molecule is CCOc1ccccc1Oc1c(Cl)cccc1CN. The third kappa shape index (κ3) is 3.19. The lowest BCUT2D eigenvalue weighted by Crippen LogP contribution is -2.01. The van der Waals surface area contributed by atoms with Gasteiger partial charge in [-0.2, -0.15) is 0 Å². The minimum Gasteiger partial charge on any atom is -0.490 e. The van der Waals surface area contributed by atoms with Crippen LogP contribution in [0.25, 0.3) is 0 Å². The summed E-state index contributed by atoms with van der Waals surface area (Å²) in [7, 11) is 0. The van der Waals surface area contributed by atoms with Crippen LogP contribution < -0.4 is 15.2 Å². The summed E-state index contributed by atoms with van der Waals surface area (Å²) in [4.78, 5) is 0. The van der Waals surface area contributed by atoms with E-state index in [0.717, 1.165) is 5.56 Å². The largest absolute Gasteiger partial charge is 0.490 e. The van der Waals surface area contributed by atoms with E-state index in [1.165, 1.54) is 0 Å². The van der Waals surface area contributed by atoms with E-state index in [1.807, 2.05) is 43.3 Å². The van der Waals surface area contributed by atoms with Gasteiger partial charge in [-0.25, -0.2) is 0 Å². The number of nitrogens with two attached hydrogens (primary N) is 1. The monoisotopic (exact) mass is 277 g/mol. The van der Waals surface area contributed by atoms with Crippen LogP contribution in [0.15, 0.2) is 42.5 Å². The first-order valence-corrected chi connectivity index (χ1v) is 6.51. The van der Waals surface area contributed by atoms with E-state index in [1.54, 1.807) is 6.07 Å². The highest BCUT2D eigenvalue weighted by molar-refractivity contribution is 6.32. The summed E-state index contributed by atoms with van der Waals surface area (Å²) in [6.45, 7) is 2.87. The van der Waals surface area contributed by atoms with Crippen LogP contribution in [-0.4, -0.2) is 6.61 Å². The predicted molar refractivity (Wildman–Crippen MR) is 77.0 cm³/mol. The van der Waals surface area contributed by atoms with Crippen LogP contribution >= 0.6 is 11.6 Å². The minimum absolute atomic E-state index is 0.368. The van der Waals surface area contributed by atoms with E-state index in [2.05, 4.69) is 0 Å². The van der Waals surface area contributed by atoms with Crippen LogP contribution in [0.1, 0.15) is 12.5 Å². The summed E-state index contributed by atoms with van der Waals surface area (Å²) >= 11 is 6.17. The van der Waals surface area contributed by atoms with E-state index >= 15 is 0 Å². The van der Waals surface area contributed by atoms with Crippen molar-refractivity contribution in [3.8, 4) is 17.2 Å². The third-order valence-electron chi connectivity index (χ3n) is 2.63. The predicted octanol–water partition coefficient (Wildman–Crippen LogP) is 3.99. The Morgan fingerprint density at radius 2 is 1.79 bits per heavy atom. The molecule has 2 aromatic carbocycles. The molecule has 2 N–H and O–H groups in total. The van der Waals surface area contributed by atoms with Crippen molar-refractivity contribution in [1.29, 1.82) is 0 Å². The summed E-state index contributed by atoms with van der Waals surface area (Å²) in [6, 6.07) is 13.0. The van der Waals surface area contributed by atoms with E-state index in [9.17, 15) is 0 Å². The van der Waals surface area contributed by atoms with Gasteiger partial charge in [0.05, 0.1) is 11.6 Å². The molecule has 0 unspecified atom stereocenters. The average Bonchev–Trinajstić information content (AvgIpc) is 2.43. The van der Waals surface area contributed by atoms with Crippen molar-refractivity contribution in [1.82, 2.24) is 0 Å². The maximum Gasteiger partial charge on any atom is 0.169 e. The van der Waals surface area contributed by atoms with Gasteiger partial charge in [0, 0.05) is 12.1 Å². The number of benzene rings is 2. The van der Waals surface area contributed by atoms with Crippen LogP contribution in [0.4, 0.5) is 0 Å². The smallest absolute Gasteiger partial charge is 0.169 e. The van der Waals surface area contributed by atoms with Crippen molar-refractivity contribution in [3.63, 3.8) is 0 Å². The summed E-state index contributed by atoms with van der Waals surface area (Å²) < 4.78 is 11.4. The zero-order chi connectivity index (χ0) is 13.7. The fraction of sp³-hybridized carbons (Fsp3) is 0.200. The molecule has 3 nitrogen and oxygen atoms in total. The van der Waals surface area contributed by atoms with Crippen molar-refractivity contribution in [2.24, 2.45) is 5.73 Å². The van der Waals surface area contributed by atoms with Crippen molar-refractivity contribution in [3.05, 3.63) is 53.1 Å². The molecule has 2 aromatic rings. The van der Waals surface area contributed by atoms with Crippen LogP contribution in [0.2, 0.25) is 5.02 Å². The van der Waals surface area contributed by atoms with Crippen LogP contribution in [-0.2, 0) is 6.54 Å². The van der Waals surface area contributed by atoms with Gasteiger partial charge >= 0.3 is 0 Å². The Hall–Kier alpha value is -1.71. The van der Waals surface area contributed by atoms with E-state index < -0.39 is 0 Å². The third-order valence-corrected chi connectivity index (χ3v) is 2.93. The molecular weight excluding hydrogens is 262 g/mol. The normalized spacial score (nSPS) is 10.3. The van der Waals surface area contributed by atoms with Gasteiger partial charge < -0.3 is 15.2 Å². The van der Waals surface area contributed by atoms with E-state index in [4.69, 9.17) is 26.8 Å². The van der Waals surface area contributed by atoms with Crippen LogP contribution in [0.5, 0.6) is 17.2 Å². The second-order valence-electron chi connectivity index (χ2n) is 3.91. The zero-order valence-electron chi connectivity index (χ0n) is 10.7. The molecule has 0 spiro atoms. The molecule has 100 valence electrons. The summed E-state index contributed by atoms with van der Waals surface area (Å²) in [5, 5.41) is 0.536. The molecule has 0 aliphatic rings. The first kappa shape index (κ1) is 13.7. The lowest BCUT2D eigenvalue weighted by Gasteiger charge is -2.14. The Morgan fingerprint density at radius 1 is 1.05 bits per heavy atom. The molecule has 0 aromatic heterocycles. The maximum atomic E-state index is 6.17. The van der Waals surface area contributed by atoms with Gasteiger partial charge in [0.15, 0.2) is 17.2 Å². The quantitative estimate of drug-likeness (QED) is 0.899. The fourth-order valence-electron chi connectivity index (χ4n) is 1.75. The van der Waals surface area contributed by atoms with Gasteiger partial charge in [0.2, 0.25) is 0 Å². The second kappa shape index (κ2) is 6.45. The number of ether oxygens (including phenoxy) is 2. The average molecular weight is 278 g/mol. The molecule has 0 saturated carbocycles. The lowest BCUT2D eigenvalue weighted by atomic mass is 10.2. The number of hydrogen-bond donors (Lipinski definition) is 1. The maximum absolute atomic E-state index is 6.17. The van der Waals surface area contributed by atoms with Gasteiger partial charge in [0.25, 0.3) is 0 Å². The summed E-state index contributed by atoms with van der Waals surface area (Å²) in [6.07, 6.45) is 0. The Kier molecular flexibility index (Phi) is 4.66. The molecule has 0 aliphatic heterocycles. The highest BCUT2D eigenvalue weighted by atomic mass is 35.5. The first-order chi connectivity index (χ1) is 9.26. The number of rotatable bonds is 5. The van der Waals surface area contributed by atoms with Crippen molar-refractivity contribution in [2.75, 3.05) is 6.61 Å². The molecule has 0 bridgehead atoms. The zero-order valence-corrected chi connectivity index (χ0v) is 11.5. The fourth-order valence-corrected chi connectivity index (χ4v) is 1.98. The molecule has 2 rings (SSSR count). The van der Waals surface area contributed by atoms with Gasteiger partial charge in [0.1, 0.15) is 0 Å². The molecule has 0 heterocycles. The molecule has 0 atom stereocenters. The number of para-hydroxylation sites is 3. The molecule has 0 amide bonds. The van der Waals surface area contributed by atoms with Crippen molar-refractivity contribution in [2.45, 2.75) is 13.5 Å². The van der Waals surface area contributed by atoms with Gasteiger partial charge in [-0.05, 0) is 25.1 Å². The molecule has 19 heavy (non-hydrogen) atoms. The van der Waals surface area contributed by atoms with Gasteiger partial charge in [-0.1, -0.05) is 35.9 Å². The molecule has 4 heteroatoms. The minimum atomic E-state index is 0.368. The highest BCUT2D eigenvalue weighted by Gasteiger charge is 2.11. The number of hydrogen-bond acceptors (Lipinski definition) is 3. The Bertz CT molecular complexity index is 558. The Labute approximate surface area is 117 Å². The molecule has 0 saturated heterocycles. The Morgan fingerprint density at radius 3 is 2.47 bits per heavy atom. The summed E-state index contributed by atoms with van der Waals surface area (Å²) in [5.74, 6) is 1.90. The first-order valence-electron chi connectivity index (χ1n) is 6.13. The van der Waals surface area contributed by atoms with Crippen LogP contribution in [0.3, 0.4) is 0 Å². The van der Waals surface area contributed by atoms with Crippen LogP contribution in [0, 0.1) is 0 Å². The number of halogens is 1. The second-order valence-corrected chi connectivity index (χ2v) is 4.32. The highest BCUT2D eigenvalue weighted by Crippen LogP contribution is 2.37.